The van der Waals surface area contributed by atoms with Crippen LogP contribution in [0.5, 0.6) is 5.75 Å². The van der Waals surface area contributed by atoms with Crippen molar-refractivity contribution in [3.8, 4) is 28.1 Å². The second-order valence-corrected chi connectivity index (χ2v) is 11.8. The van der Waals surface area contributed by atoms with Crippen LogP contribution >= 0.6 is 23.2 Å². The Hall–Kier alpha value is -3.87. The topological polar surface area (TPSA) is 120 Å². The second kappa shape index (κ2) is 15.1. The van der Waals surface area contributed by atoms with Gasteiger partial charge >= 0.3 is 0 Å². The highest BCUT2D eigenvalue weighted by Crippen LogP contribution is 2.42. The van der Waals surface area contributed by atoms with Gasteiger partial charge in [-0.15, -0.1) is 0 Å². The van der Waals surface area contributed by atoms with Gasteiger partial charge in [0.05, 0.1) is 34.6 Å². The Bertz CT molecular complexity index is 1730. The number of carbonyl (C=O) groups is 1. The van der Waals surface area contributed by atoms with Crippen molar-refractivity contribution in [2.45, 2.75) is 45.0 Å². The smallest absolute Gasteiger partial charge is 0.220 e. The van der Waals surface area contributed by atoms with E-state index in [0.29, 0.717) is 64.5 Å². The van der Waals surface area contributed by atoms with E-state index in [1.54, 1.807) is 49.5 Å². The molecule has 2 aromatic carbocycles. The van der Waals surface area contributed by atoms with Gasteiger partial charge < -0.3 is 31.1 Å². The zero-order valence-corrected chi connectivity index (χ0v) is 26.8. The number of aromatic nitrogens is 2. The van der Waals surface area contributed by atoms with Crippen molar-refractivity contribution in [3.63, 3.8) is 0 Å². The molecule has 3 heterocycles. The fourth-order valence-electron chi connectivity index (χ4n) is 5.24. The number of rotatable bonds is 13. The highest BCUT2D eigenvalue weighted by atomic mass is 35.5. The van der Waals surface area contributed by atoms with Gasteiger partial charge in [0.1, 0.15) is 11.6 Å². The average Bonchev–Trinajstić information content (AvgIpc) is 3.45. The number of nitrogens with one attached hydrogen (secondary N) is 4. The third-order valence-corrected chi connectivity index (χ3v) is 8.37. The first-order chi connectivity index (χ1) is 22.2. The minimum atomic E-state index is -0.564. The van der Waals surface area contributed by atoms with Crippen molar-refractivity contribution in [1.29, 1.82) is 0 Å². The molecule has 46 heavy (non-hydrogen) atoms. The zero-order valence-electron chi connectivity index (χ0n) is 25.3. The van der Waals surface area contributed by atoms with Crippen LogP contribution in [0, 0.1) is 11.6 Å². The van der Waals surface area contributed by atoms with Gasteiger partial charge in [-0.2, -0.15) is 0 Å². The largest absolute Gasteiger partial charge is 0.496 e. The molecule has 13 heteroatoms. The number of carbonyl (C=O) groups excluding carboxylic acids is 1. The predicted molar refractivity (Wildman–Crippen MR) is 175 cm³/mol. The molecule has 1 aliphatic rings. The molecule has 242 valence electrons. The summed E-state index contributed by atoms with van der Waals surface area (Å²) in [4.78, 5) is 20.0. The van der Waals surface area contributed by atoms with Crippen LogP contribution < -0.4 is 26.0 Å². The van der Waals surface area contributed by atoms with Crippen LogP contribution in [0.2, 0.25) is 10.0 Å². The Morgan fingerprint density at radius 3 is 2.59 bits per heavy atom. The molecule has 2 atom stereocenters. The minimum Gasteiger partial charge on any atom is -0.496 e. The number of aliphatic hydroxyl groups is 1. The molecule has 2 aromatic heterocycles. The molecule has 1 fully saturated rings. The molecule has 1 amide bonds. The molecule has 0 spiro atoms. The van der Waals surface area contributed by atoms with E-state index in [2.05, 4.69) is 31.2 Å². The molecule has 1 saturated heterocycles. The molecule has 5 N–H and O–H groups in total. The Kier molecular flexibility index (Phi) is 11.0. The Morgan fingerprint density at radius 1 is 1.07 bits per heavy atom. The van der Waals surface area contributed by atoms with Crippen LogP contribution in [0.1, 0.15) is 30.9 Å². The molecule has 9 nitrogen and oxygen atoms in total. The summed E-state index contributed by atoms with van der Waals surface area (Å²) in [6.45, 7) is 2.88. The van der Waals surface area contributed by atoms with Gasteiger partial charge in [0, 0.05) is 78.9 Å². The van der Waals surface area contributed by atoms with E-state index in [-0.39, 0.29) is 40.9 Å². The number of benzene rings is 2. The lowest BCUT2D eigenvalue weighted by Gasteiger charge is -2.17. The quantitative estimate of drug-likeness (QED) is 0.118. The fourth-order valence-corrected chi connectivity index (χ4v) is 5.84. The number of ether oxygens (including phenoxy) is 1. The second-order valence-electron chi connectivity index (χ2n) is 11.0. The summed E-state index contributed by atoms with van der Waals surface area (Å²) >= 11 is 13.7. The number of nitrogens with zero attached hydrogens (tertiary/aromatic N) is 2. The van der Waals surface area contributed by atoms with E-state index in [0.717, 1.165) is 6.42 Å². The average molecular weight is 672 g/mol. The van der Waals surface area contributed by atoms with Crippen molar-refractivity contribution < 1.29 is 23.4 Å². The maximum Gasteiger partial charge on any atom is 0.220 e. The van der Waals surface area contributed by atoms with Crippen LogP contribution in [0.3, 0.4) is 0 Å². The third kappa shape index (κ3) is 7.73. The lowest BCUT2D eigenvalue weighted by Crippen LogP contribution is -2.35. The summed E-state index contributed by atoms with van der Waals surface area (Å²) in [6.07, 6.45) is 3.70. The number of methoxy groups -OCH3 is 1. The first kappa shape index (κ1) is 33.5. The summed E-state index contributed by atoms with van der Waals surface area (Å²) in [6, 6.07) is 11.5. The van der Waals surface area contributed by atoms with Gasteiger partial charge in [-0.25, -0.2) is 13.8 Å². The Balaban J connectivity index is 1.38. The number of anilines is 2. The van der Waals surface area contributed by atoms with E-state index in [1.165, 1.54) is 19.4 Å². The van der Waals surface area contributed by atoms with Gasteiger partial charge in [0.15, 0.2) is 11.6 Å². The lowest BCUT2D eigenvalue weighted by molar-refractivity contribution is -0.119. The third-order valence-electron chi connectivity index (χ3n) is 7.58. The number of aliphatic hydroxyl groups excluding tert-OH is 1. The molecule has 0 aliphatic carbocycles. The first-order valence-electron chi connectivity index (χ1n) is 14.8. The Labute approximate surface area is 275 Å². The van der Waals surface area contributed by atoms with Crippen molar-refractivity contribution in [3.05, 3.63) is 87.7 Å². The maximum atomic E-state index is 15.4. The summed E-state index contributed by atoms with van der Waals surface area (Å²) in [5, 5.41) is 22.0. The number of hydrogen-bond donors (Lipinski definition) is 5. The summed E-state index contributed by atoms with van der Waals surface area (Å²) in [7, 11) is 1.46. The zero-order chi connectivity index (χ0) is 32.8. The van der Waals surface area contributed by atoms with Crippen molar-refractivity contribution in [2.24, 2.45) is 0 Å². The van der Waals surface area contributed by atoms with Crippen LogP contribution in [0.25, 0.3) is 22.4 Å². The van der Waals surface area contributed by atoms with Gasteiger partial charge in [0.25, 0.3) is 0 Å². The van der Waals surface area contributed by atoms with E-state index < -0.39 is 17.7 Å². The fraction of sp³-hybridized carbons (Fsp3) is 0.303. The number of pyridine rings is 2. The van der Waals surface area contributed by atoms with Crippen LogP contribution in [-0.2, 0) is 17.9 Å². The molecule has 4 aromatic rings. The predicted octanol–water partition coefficient (Wildman–Crippen LogP) is 5.99. The monoisotopic (exact) mass is 670 g/mol. The molecule has 1 aliphatic heterocycles. The lowest BCUT2D eigenvalue weighted by atomic mass is 10.0. The number of halogens is 4. The SMILES string of the molecule is COc1cc(-c2nccc(-c3cccc(Nc4nccc(CNC[C@H](C)O)c4F)c3Cl)c2Cl)cc(F)c1CNC[C@@H]1CCC(=O)N1. The molecular weight excluding hydrogens is 637 g/mol. The molecule has 5 rings (SSSR count). The van der Waals surface area contributed by atoms with Crippen molar-refractivity contribution >= 4 is 40.6 Å². The Morgan fingerprint density at radius 2 is 1.85 bits per heavy atom. The molecule has 0 radical (unpaired) electrons. The van der Waals surface area contributed by atoms with Crippen LogP contribution in [0.4, 0.5) is 20.3 Å². The normalized spacial score (nSPS) is 15.1. The number of hydrogen-bond acceptors (Lipinski definition) is 8. The van der Waals surface area contributed by atoms with Gasteiger partial charge in [-0.1, -0.05) is 35.3 Å². The van der Waals surface area contributed by atoms with E-state index >= 15 is 8.78 Å². The maximum absolute atomic E-state index is 15.4. The first-order valence-corrected chi connectivity index (χ1v) is 15.5. The van der Waals surface area contributed by atoms with E-state index in [1.807, 2.05) is 0 Å². The van der Waals surface area contributed by atoms with E-state index in [9.17, 15) is 9.90 Å². The molecule has 0 bridgehead atoms. The minimum absolute atomic E-state index is 0.0104. The number of amides is 1. The van der Waals surface area contributed by atoms with Crippen LogP contribution in [0.15, 0.2) is 54.9 Å². The van der Waals surface area contributed by atoms with Crippen molar-refractivity contribution in [2.75, 3.05) is 25.5 Å². The van der Waals surface area contributed by atoms with Gasteiger partial charge in [-0.3, -0.25) is 9.78 Å². The van der Waals surface area contributed by atoms with Gasteiger partial charge in [0.2, 0.25) is 5.91 Å². The van der Waals surface area contributed by atoms with E-state index in [4.69, 9.17) is 27.9 Å². The van der Waals surface area contributed by atoms with Crippen molar-refractivity contribution in [1.82, 2.24) is 25.9 Å². The van der Waals surface area contributed by atoms with Crippen LogP contribution in [-0.4, -0.2) is 53.3 Å². The standard InChI is InChI=1S/C33H34Cl2F2N6O3/c1-18(44)14-38-15-19-8-10-41-33(31(19)37)43-26-5-3-4-22(29(26)34)23-9-11-40-32(30(23)35)20-12-25(36)24(27(13-20)46-2)17-39-16-21-6-7-28(45)42-21/h3-5,8-13,18,21,38-39,44H,6-7,14-17H2,1-2H3,(H,41,43)(H,42,45)/t18-,21-/m0/s1. The summed E-state index contributed by atoms with van der Waals surface area (Å²) in [5.74, 6) is -0.718. The highest BCUT2D eigenvalue weighted by molar-refractivity contribution is 6.39. The molecule has 0 unspecified atom stereocenters. The highest BCUT2D eigenvalue weighted by Gasteiger charge is 2.22. The summed E-state index contributed by atoms with van der Waals surface area (Å²) in [5.41, 5.74) is 2.93. The summed E-state index contributed by atoms with van der Waals surface area (Å²) < 4.78 is 36.2. The molecular formula is C33H34Cl2F2N6O3. The molecule has 0 saturated carbocycles. The van der Waals surface area contributed by atoms with Gasteiger partial charge in [-0.05, 0) is 43.7 Å².